The van der Waals surface area contributed by atoms with E-state index in [1.165, 1.54) is 12.2 Å². The Hall–Kier alpha value is 0.270. The summed E-state index contributed by atoms with van der Waals surface area (Å²) >= 11 is 1.87. The average Bonchev–Trinajstić information content (AvgIpc) is 1.91. The molecule has 3 heteroatoms. The molecule has 3 N–H and O–H groups in total. The van der Waals surface area contributed by atoms with Gasteiger partial charge in [0.15, 0.2) is 0 Å². The molecule has 0 amide bonds. The van der Waals surface area contributed by atoms with E-state index in [0.717, 1.165) is 6.42 Å². The van der Waals surface area contributed by atoms with Gasteiger partial charge in [0.25, 0.3) is 0 Å². The van der Waals surface area contributed by atoms with Gasteiger partial charge in [-0.2, -0.15) is 11.8 Å². The molecule has 1 unspecified atom stereocenters. The Kier molecular flexibility index (Phi) is 6.58. The Bertz CT molecular complexity index is 55.0. The monoisotopic (exact) mass is 148 g/mol. The molecule has 2 nitrogen and oxygen atoms in total. The lowest BCUT2D eigenvalue weighted by Gasteiger charge is -2.11. The zero-order valence-corrected chi connectivity index (χ0v) is 7.00. The highest BCUT2D eigenvalue weighted by Gasteiger charge is 2.00. The van der Waals surface area contributed by atoms with Crippen molar-refractivity contribution in [1.82, 2.24) is 5.43 Å². The van der Waals surface area contributed by atoms with Gasteiger partial charge in [0.2, 0.25) is 0 Å². The van der Waals surface area contributed by atoms with Crippen LogP contribution in [-0.2, 0) is 0 Å². The van der Waals surface area contributed by atoms with E-state index in [1.807, 2.05) is 11.8 Å². The number of rotatable bonds is 5. The van der Waals surface area contributed by atoms with E-state index in [-0.39, 0.29) is 0 Å². The second-order valence-corrected chi connectivity index (χ2v) is 3.04. The second-order valence-electron chi connectivity index (χ2n) is 2.05. The molecule has 0 radical (unpaired) electrons. The first-order chi connectivity index (χ1) is 4.35. The van der Waals surface area contributed by atoms with E-state index in [1.54, 1.807) is 0 Å². The van der Waals surface area contributed by atoms with Crippen molar-refractivity contribution in [3.05, 3.63) is 0 Å². The molecule has 1 atom stereocenters. The summed E-state index contributed by atoms with van der Waals surface area (Å²) in [5.41, 5.74) is 2.77. The Morgan fingerprint density at radius 2 is 2.33 bits per heavy atom. The highest BCUT2D eigenvalue weighted by Crippen LogP contribution is 2.01. The van der Waals surface area contributed by atoms with Gasteiger partial charge in [-0.15, -0.1) is 0 Å². The minimum absolute atomic E-state index is 0.512. The van der Waals surface area contributed by atoms with Gasteiger partial charge in [0.05, 0.1) is 0 Å². The Morgan fingerprint density at radius 1 is 1.67 bits per heavy atom. The zero-order chi connectivity index (χ0) is 7.11. The van der Waals surface area contributed by atoms with Crippen LogP contribution in [0.5, 0.6) is 0 Å². The fourth-order valence-electron chi connectivity index (χ4n) is 0.665. The van der Waals surface area contributed by atoms with Gasteiger partial charge < -0.3 is 0 Å². The van der Waals surface area contributed by atoms with Crippen LogP contribution in [0.1, 0.15) is 19.8 Å². The molecule has 0 aliphatic rings. The zero-order valence-electron chi connectivity index (χ0n) is 6.18. The topological polar surface area (TPSA) is 38.0 Å². The van der Waals surface area contributed by atoms with E-state index < -0.39 is 0 Å². The molecule has 0 heterocycles. The SMILES string of the molecule is CCC(CCSC)NN. The van der Waals surface area contributed by atoms with Gasteiger partial charge in [-0.25, -0.2) is 0 Å². The summed E-state index contributed by atoms with van der Waals surface area (Å²) in [5, 5.41) is 0. The van der Waals surface area contributed by atoms with E-state index in [2.05, 4.69) is 18.6 Å². The lowest BCUT2D eigenvalue weighted by molar-refractivity contribution is 0.503. The average molecular weight is 148 g/mol. The molecule has 9 heavy (non-hydrogen) atoms. The maximum absolute atomic E-state index is 5.26. The van der Waals surface area contributed by atoms with Gasteiger partial charge in [0.1, 0.15) is 0 Å². The van der Waals surface area contributed by atoms with E-state index in [0.29, 0.717) is 6.04 Å². The standard InChI is InChI=1S/C6H16N2S/c1-3-6(8-7)4-5-9-2/h6,8H,3-5,7H2,1-2H3. The van der Waals surface area contributed by atoms with Crippen molar-refractivity contribution in [3.63, 3.8) is 0 Å². The van der Waals surface area contributed by atoms with Crippen LogP contribution in [0.25, 0.3) is 0 Å². The summed E-state index contributed by atoms with van der Waals surface area (Å²) in [6.45, 7) is 2.14. The van der Waals surface area contributed by atoms with Crippen molar-refractivity contribution in [1.29, 1.82) is 0 Å². The number of nitrogens with two attached hydrogens (primary N) is 1. The van der Waals surface area contributed by atoms with Crippen LogP contribution in [0, 0.1) is 0 Å². The Morgan fingerprint density at radius 3 is 2.67 bits per heavy atom. The molecule has 56 valence electrons. The fraction of sp³-hybridized carbons (Fsp3) is 1.00. The Labute approximate surface area is 61.5 Å². The molecule has 0 spiro atoms. The van der Waals surface area contributed by atoms with Crippen molar-refractivity contribution in [2.45, 2.75) is 25.8 Å². The smallest absolute Gasteiger partial charge is 0.0215 e. The van der Waals surface area contributed by atoms with Crippen molar-refractivity contribution in [2.75, 3.05) is 12.0 Å². The minimum atomic E-state index is 0.512. The molecule has 0 aliphatic heterocycles. The summed E-state index contributed by atoms with van der Waals surface area (Å²) in [6, 6.07) is 0.512. The number of hydrogen-bond acceptors (Lipinski definition) is 3. The van der Waals surface area contributed by atoms with Crippen LogP contribution >= 0.6 is 11.8 Å². The van der Waals surface area contributed by atoms with Crippen molar-refractivity contribution in [3.8, 4) is 0 Å². The maximum atomic E-state index is 5.26. The van der Waals surface area contributed by atoms with Gasteiger partial charge >= 0.3 is 0 Å². The fourth-order valence-corrected chi connectivity index (χ4v) is 1.19. The normalized spacial score (nSPS) is 13.7. The third kappa shape index (κ3) is 4.75. The maximum Gasteiger partial charge on any atom is 0.0215 e. The Balaban J connectivity index is 3.09. The summed E-state index contributed by atoms with van der Waals surface area (Å²) in [6.07, 6.45) is 4.41. The lowest BCUT2D eigenvalue weighted by atomic mass is 10.2. The number of hydrazine groups is 1. The number of nitrogens with one attached hydrogen (secondary N) is 1. The largest absolute Gasteiger partial charge is 0.271 e. The van der Waals surface area contributed by atoms with Crippen molar-refractivity contribution in [2.24, 2.45) is 5.84 Å². The van der Waals surface area contributed by atoms with Crippen molar-refractivity contribution < 1.29 is 0 Å². The van der Waals surface area contributed by atoms with Crippen LogP contribution in [0.15, 0.2) is 0 Å². The first-order valence-corrected chi connectivity index (χ1v) is 4.69. The molecule has 0 aliphatic carbocycles. The van der Waals surface area contributed by atoms with E-state index in [4.69, 9.17) is 5.84 Å². The molecule has 0 saturated carbocycles. The number of thioether (sulfide) groups is 1. The second kappa shape index (κ2) is 6.39. The van der Waals surface area contributed by atoms with Gasteiger partial charge in [-0.3, -0.25) is 11.3 Å². The quantitative estimate of drug-likeness (QED) is 0.451. The van der Waals surface area contributed by atoms with Crippen LogP contribution in [-0.4, -0.2) is 18.1 Å². The predicted octanol–water partition coefficient (Wildman–Crippen LogP) is 0.981. The predicted molar refractivity (Wildman–Crippen MR) is 44.4 cm³/mol. The van der Waals surface area contributed by atoms with Crippen LogP contribution in [0.3, 0.4) is 0 Å². The summed E-state index contributed by atoms with van der Waals surface area (Å²) in [4.78, 5) is 0. The van der Waals surface area contributed by atoms with Gasteiger partial charge in [0, 0.05) is 6.04 Å². The molecular formula is C6H16N2S. The molecule has 0 saturated heterocycles. The first-order valence-electron chi connectivity index (χ1n) is 3.30. The van der Waals surface area contributed by atoms with Gasteiger partial charge in [-0.05, 0) is 24.9 Å². The lowest BCUT2D eigenvalue weighted by Crippen LogP contribution is -2.34. The minimum Gasteiger partial charge on any atom is -0.271 e. The summed E-state index contributed by atoms with van der Waals surface area (Å²) in [5.74, 6) is 6.46. The van der Waals surface area contributed by atoms with Gasteiger partial charge in [-0.1, -0.05) is 6.92 Å². The number of hydrogen-bond donors (Lipinski definition) is 2. The highest BCUT2D eigenvalue weighted by molar-refractivity contribution is 7.98. The van der Waals surface area contributed by atoms with Crippen molar-refractivity contribution >= 4 is 11.8 Å². The molecule has 0 fully saturated rings. The summed E-state index contributed by atoms with van der Waals surface area (Å²) in [7, 11) is 0. The molecule has 0 aromatic carbocycles. The highest BCUT2D eigenvalue weighted by atomic mass is 32.2. The summed E-state index contributed by atoms with van der Waals surface area (Å²) < 4.78 is 0. The third-order valence-corrected chi connectivity index (χ3v) is 2.04. The van der Waals surface area contributed by atoms with Crippen LogP contribution in [0.4, 0.5) is 0 Å². The molecule has 0 rings (SSSR count). The molecule has 0 aromatic heterocycles. The van der Waals surface area contributed by atoms with E-state index in [9.17, 15) is 0 Å². The first kappa shape index (κ1) is 9.27. The van der Waals surface area contributed by atoms with E-state index >= 15 is 0 Å². The van der Waals surface area contributed by atoms with Crippen LogP contribution < -0.4 is 11.3 Å². The third-order valence-electron chi connectivity index (χ3n) is 1.40. The van der Waals surface area contributed by atoms with Crippen LogP contribution in [0.2, 0.25) is 0 Å². The molecular weight excluding hydrogens is 132 g/mol. The molecule has 0 aromatic rings. The molecule has 0 bridgehead atoms.